The Kier molecular flexibility index (Phi) is 5.72. The number of aromatic nitrogens is 6. The van der Waals surface area contributed by atoms with E-state index >= 15 is 0 Å². The molecule has 4 aromatic rings. The smallest absolute Gasteiger partial charge is 0.266 e. The van der Waals surface area contributed by atoms with E-state index in [9.17, 15) is 9.59 Å². The molecule has 0 atom stereocenters. The number of fused-ring (bicyclic) bond motifs is 1. The maximum absolute atomic E-state index is 12.7. The zero-order valence-electron chi connectivity index (χ0n) is 18.3. The van der Waals surface area contributed by atoms with E-state index in [2.05, 4.69) is 81.5 Å². The van der Waals surface area contributed by atoms with Crippen LogP contribution in [0.3, 0.4) is 0 Å². The molecule has 10 heteroatoms. The number of carbonyl (C=O) groups excluding carboxylic acids is 1. The first-order valence-electron chi connectivity index (χ1n) is 10.1. The molecule has 9 nitrogen and oxygen atoms in total. The Morgan fingerprint density at radius 1 is 1.16 bits per heavy atom. The fourth-order valence-corrected chi connectivity index (χ4v) is 4.02. The quantitative estimate of drug-likeness (QED) is 0.456. The molecule has 3 heterocycles. The lowest BCUT2D eigenvalue weighted by molar-refractivity contribution is -0.116. The summed E-state index contributed by atoms with van der Waals surface area (Å²) in [7, 11) is 1.70. The van der Waals surface area contributed by atoms with Crippen molar-refractivity contribution in [2.75, 3.05) is 5.32 Å². The highest BCUT2D eigenvalue weighted by Gasteiger charge is 2.16. The molecule has 1 N–H and O–H groups in total. The second-order valence-electron chi connectivity index (χ2n) is 8.66. The van der Waals surface area contributed by atoms with E-state index in [0.717, 1.165) is 5.56 Å². The summed E-state index contributed by atoms with van der Waals surface area (Å²) in [5, 5.41) is 11.6. The molecule has 0 spiro atoms. The lowest BCUT2D eigenvalue weighted by Crippen LogP contribution is -2.28. The Bertz CT molecular complexity index is 1340. The third-order valence-corrected chi connectivity index (χ3v) is 5.77. The van der Waals surface area contributed by atoms with Crippen molar-refractivity contribution >= 4 is 38.7 Å². The molecular formula is C22H24BrN7O2. The van der Waals surface area contributed by atoms with Crippen LogP contribution >= 0.6 is 15.9 Å². The molecule has 32 heavy (non-hydrogen) atoms. The molecule has 0 saturated heterocycles. The van der Waals surface area contributed by atoms with Gasteiger partial charge in [0.25, 0.3) is 5.56 Å². The van der Waals surface area contributed by atoms with Crippen LogP contribution in [0.2, 0.25) is 0 Å². The van der Waals surface area contributed by atoms with Crippen molar-refractivity contribution in [1.29, 1.82) is 0 Å². The first-order valence-corrected chi connectivity index (χ1v) is 10.9. The van der Waals surface area contributed by atoms with Gasteiger partial charge in [-0.2, -0.15) is 10.2 Å². The van der Waals surface area contributed by atoms with Crippen LogP contribution in [0, 0.1) is 0 Å². The number of hydrogen-bond acceptors (Lipinski definition) is 5. The van der Waals surface area contributed by atoms with Crippen molar-refractivity contribution in [3.63, 3.8) is 0 Å². The van der Waals surface area contributed by atoms with Crippen LogP contribution in [0.4, 0.5) is 5.82 Å². The number of aryl methyl sites for hydroxylation is 1. The molecule has 4 rings (SSSR count). The summed E-state index contributed by atoms with van der Waals surface area (Å²) in [5.41, 5.74) is 2.53. The second-order valence-corrected chi connectivity index (χ2v) is 9.41. The van der Waals surface area contributed by atoms with Crippen LogP contribution in [0.5, 0.6) is 0 Å². The van der Waals surface area contributed by atoms with Crippen molar-refractivity contribution in [3.8, 4) is 0 Å². The molecule has 0 unspecified atom stereocenters. The predicted octanol–water partition coefficient (Wildman–Crippen LogP) is 3.07. The first kappa shape index (κ1) is 21.9. The number of halogens is 1. The number of anilines is 1. The second kappa shape index (κ2) is 8.34. The standard InChI is InChI=1S/C22H24BrN7O2/c1-22(2,3)15-7-5-14(6-8-15)11-30-16(9-10-25-30)26-17(31)12-29-13-24-20-18(21(29)32)19(23)27-28(20)4/h5-10,13H,11-12H2,1-4H3,(H,26,31). The number of nitrogens with zero attached hydrogens (tertiary/aromatic N) is 6. The van der Waals surface area contributed by atoms with Gasteiger partial charge in [-0.15, -0.1) is 0 Å². The molecule has 1 aromatic carbocycles. The summed E-state index contributed by atoms with van der Waals surface area (Å²) < 4.78 is 4.89. The summed E-state index contributed by atoms with van der Waals surface area (Å²) in [6.07, 6.45) is 2.98. The van der Waals surface area contributed by atoms with Crippen molar-refractivity contribution in [1.82, 2.24) is 29.1 Å². The zero-order chi connectivity index (χ0) is 23.0. The van der Waals surface area contributed by atoms with E-state index in [1.807, 2.05) is 0 Å². The van der Waals surface area contributed by atoms with Gasteiger partial charge in [-0.05, 0) is 32.5 Å². The van der Waals surface area contributed by atoms with Gasteiger partial charge in [-0.1, -0.05) is 45.0 Å². The Labute approximate surface area is 193 Å². The Balaban J connectivity index is 1.48. The highest BCUT2D eigenvalue weighted by Crippen LogP contribution is 2.22. The molecule has 0 aliphatic carbocycles. The number of benzene rings is 1. The van der Waals surface area contributed by atoms with Gasteiger partial charge in [0.05, 0.1) is 12.7 Å². The molecule has 1 amide bonds. The van der Waals surface area contributed by atoms with E-state index in [0.29, 0.717) is 28.0 Å². The van der Waals surface area contributed by atoms with Gasteiger partial charge in [0.15, 0.2) is 5.65 Å². The topological polar surface area (TPSA) is 99.6 Å². The summed E-state index contributed by atoms with van der Waals surface area (Å²) >= 11 is 3.28. The summed E-state index contributed by atoms with van der Waals surface area (Å²) in [6, 6.07) is 10.1. The Hall–Kier alpha value is -3.27. The van der Waals surface area contributed by atoms with Crippen molar-refractivity contribution in [3.05, 3.63) is 68.9 Å². The summed E-state index contributed by atoms with van der Waals surface area (Å²) in [6.45, 7) is 6.87. The third kappa shape index (κ3) is 4.36. The Morgan fingerprint density at radius 3 is 2.56 bits per heavy atom. The van der Waals surface area contributed by atoms with Crippen LogP contribution in [0.25, 0.3) is 11.0 Å². The van der Waals surface area contributed by atoms with Crippen molar-refractivity contribution in [2.24, 2.45) is 7.05 Å². The monoisotopic (exact) mass is 497 g/mol. The normalized spacial score (nSPS) is 11.8. The van der Waals surface area contributed by atoms with E-state index in [-0.39, 0.29) is 23.4 Å². The van der Waals surface area contributed by atoms with E-state index in [1.54, 1.807) is 24.0 Å². The van der Waals surface area contributed by atoms with Crippen LogP contribution in [-0.4, -0.2) is 35.0 Å². The van der Waals surface area contributed by atoms with E-state index in [1.165, 1.54) is 21.1 Å². The van der Waals surface area contributed by atoms with Gasteiger partial charge in [-0.3, -0.25) is 14.2 Å². The van der Waals surface area contributed by atoms with Gasteiger partial charge < -0.3 is 5.32 Å². The van der Waals surface area contributed by atoms with Gasteiger partial charge in [0.2, 0.25) is 5.91 Å². The number of rotatable bonds is 5. The van der Waals surface area contributed by atoms with Gasteiger partial charge in [-0.25, -0.2) is 14.3 Å². The molecule has 0 aliphatic heterocycles. The van der Waals surface area contributed by atoms with Crippen LogP contribution in [0.15, 0.2) is 52.3 Å². The lowest BCUT2D eigenvalue weighted by atomic mass is 9.87. The van der Waals surface area contributed by atoms with Gasteiger partial charge in [0, 0.05) is 13.1 Å². The number of carbonyl (C=O) groups is 1. The van der Waals surface area contributed by atoms with Crippen LogP contribution in [-0.2, 0) is 30.3 Å². The fraction of sp³-hybridized carbons (Fsp3) is 0.318. The maximum atomic E-state index is 12.7. The molecule has 166 valence electrons. The number of nitrogens with one attached hydrogen (secondary N) is 1. The number of hydrogen-bond donors (Lipinski definition) is 1. The number of amides is 1. The highest BCUT2D eigenvalue weighted by atomic mass is 79.9. The van der Waals surface area contributed by atoms with Crippen molar-refractivity contribution in [2.45, 2.75) is 39.3 Å². The summed E-state index contributed by atoms with van der Waals surface area (Å²) in [5.74, 6) is 0.206. The zero-order valence-corrected chi connectivity index (χ0v) is 19.9. The average molecular weight is 498 g/mol. The van der Waals surface area contributed by atoms with Gasteiger partial charge in [0.1, 0.15) is 28.7 Å². The average Bonchev–Trinajstić information content (AvgIpc) is 3.27. The lowest BCUT2D eigenvalue weighted by Gasteiger charge is -2.19. The third-order valence-electron chi connectivity index (χ3n) is 5.22. The molecule has 0 saturated carbocycles. The molecule has 0 fully saturated rings. The minimum absolute atomic E-state index is 0.0880. The first-order chi connectivity index (χ1) is 15.1. The molecule has 0 radical (unpaired) electrons. The molecule has 3 aromatic heterocycles. The molecular weight excluding hydrogens is 474 g/mol. The predicted molar refractivity (Wildman–Crippen MR) is 126 cm³/mol. The Morgan fingerprint density at radius 2 is 1.88 bits per heavy atom. The van der Waals surface area contributed by atoms with Gasteiger partial charge >= 0.3 is 0 Å². The minimum atomic E-state index is -0.349. The molecule has 0 aliphatic rings. The van der Waals surface area contributed by atoms with Crippen LogP contribution in [0.1, 0.15) is 31.9 Å². The molecule has 0 bridgehead atoms. The minimum Gasteiger partial charge on any atom is -0.309 e. The fourth-order valence-electron chi connectivity index (χ4n) is 3.43. The largest absolute Gasteiger partial charge is 0.309 e. The SMILES string of the molecule is Cn1nc(Br)c2c(=O)n(CC(=O)Nc3ccnn3Cc3ccc(C(C)(C)C)cc3)cnc21. The summed E-state index contributed by atoms with van der Waals surface area (Å²) in [4.78, 5) is 29.6. The van der Waals surface area contributed by atoms with Crippen LogP contribution < -0.4 is 10.9 Å². The van der Waals surface area contributed by atoms with E-state index in [4.69, 9.17) is 0 Å². The highest BCUT2D eigenvalue weighted by molar-refractivity contribution is 9.10. The van der Waals surface area contributed by atoms with E-state index < -0.39 is 0 Å². The van der Waals surface area contributed by atoms with Crippen molar-refractivity contribution < 1.29 is 4.79 Å². The maximum Gasteiger partial charge on any atom is 0.266 e.